The highest BCUT2D eigenvalue weighted by Crippen LogP contribution is 2.48. The lowest BCUT2D eigenvalue weighted by Gasteiger charge is -2.37. The fraction of sp³-hybridized carbons (Fsp3) is 0.632. The third kappa shape index (κ3) is 3.60. The highest BCUT2D eigenvalue weighted by Gasteiger charge is 2.52. The summed E-state index contributed by atoms with van der Waals surface area (Å²) in [5.41, 5.74) is 2.82. The topological polar surface area (TPSA) is 66.5 Å². The number of amides is 1. The van der Waals surface area contributed by atoms with Crippen LogP contribution in [0.5, 0.6) is 0 Å². The quantitative estimate of drug-likeness (QED) is 0.896. The number of sulfonamides is 1. The number of carbonyl (C=O) groups is 1. The summed E-state index contributed by atoms with van der Waals surface area (Å²) in [6.07, 6.45) is 6.43. The van der Waals surface area contributed by atoms with Gasteiger partial charge in [0.15, 0.2) is 0 Å². The fourth-order valence-electron chi connectivity index (χ4n) is 4.41. The van der Waals surface area contributed by atoms with E-state index in [1.807, 2.05) is 32.0 Å². The Morgan fingerprint density at radius 3 is 2.52 bits per heavy atom. The molecule has 0 aromatic heterocycles. The Morgan fingerprint density at radius 2 is 1.88 bits per heavy atom. The molecule has 2 fully saturated rings. The number of anilines is 1. The minimum atomic E-state index is -3.28. The summed E-state index contributed by atoms with van der Waals surface area (Å²) >= 11 is 0. The molecule has 0 bridgehead atoms. The Morgan fingerprint density at radius 1 is 1.20 bits per heavy atom. The molecule has 1 atom stereocenters. The Hall–Kier alpha value is -1.40. The van der Waals surface area contributed by atoms with Crippen molar-refractivity contribution in [1.82, 2.24) is 4.31 Å². The van der Waals surface area contributed by atoms with E-state index < -0.39 is 10.0 Å². The van der Waals surface area contributed by atoms with Gasteiger partial charge in [0, 0.05) is 18.8 Å². The second kappa shape index (κ2) is 6.72. The van der Waals surface area contributed by atoms with Gasteiger partial charge < -0.3 is 5.32 Å². The van der Waals surface area contributed by atoms with Crippen molar-refractivity contribution in [2.24, 2.45) is 11.3 Å². The molecule has 2 aliphatic rings. The molecule has 0 radical (unpaired) electrons. The van der Waals surface area contributed by atoms with E-state index in [0.29, 0.717) is 13.1 Å². The van der Waals surface area contributed by atoms with Crippen LogP contribution >= 0.6 is 0 Å². The lowest BCUT2D eigenvalue weighted by Crippen LogP contribution is -2.39. The molecule has 1 aliphatic carbocycles. The highest BCUT2D eigenvalue weighted by molar-refractivity contribution is 7.88. The Bertz CT molecular complexity index is 767. The summed E-state index contributed by atoms with van der Waals surface area (Å²) in [6, 6.07) is 5.87. The highest BCUT2D eigenvalue weighted by atomic mass is 32.2. The molecule has 1 aromatic rings. The Labute approximate surface area is 150 Å². The summed E-state index contributed by atoms with van der Waals surface area (Å²) in [5.74, 6) is -0.316. The van der Waals surface area contributed by atoms with Crippen molar-refractivity contribution in [2.75, 3.05) is 24.7 Å². The zero-order chi connectivity index (χ0) is 18.2. The van der Waals surface area contributed by atoms with Gasteiger partial charge >= 0.3 is 0 Å². The van der Waals surface area contributed by atoms with Crippen LogP contribution in [0.3, 0.4) is 0 Å². The molecule has 6 heteroatoms. The van der Waals surface area contributed by atoms with Crippen LogP contribution in [0.25, 0.3) is 0 Å². The Balaban J connectivity index is 1.87. The van der Waals surface area contributed by atoms with Gasteiger partial charge in [-0.15, -0.1) is 0 Å². The molecule has 1 aromatic carbocycles. The normalized spacial score (nSPS) is 23.7. The van der Waals surface area contributed by atoms with E-state index >= 15 is 0 Å². The number of aryl methyl sites for hydroxylation is 1. The van der Waals surface area contributed by atoms with E-state index in [0.717, 1.165) is 42.5 Å². The van der Waals surface area contributed by atoms with Crippen LogP contribution in [0.2, 0.25) is 0 Å². The first-order valence-corrected chi connectivity index (χ1v) is 10.9. The van der Waals surface area contributed by atoms with Crippen LogP contribution in [0, 0.1) is 25.2 Å². The van der Waals surface area contributed by atoms with Crippen LogP contribution in [-0.2, 0) is 14.8 Å². The predicted molar refractivity (Wildman–Crippen MR) is 100.0 cm³/mol. The van der Waals surface area contributed by atoms with Crippen molar-refractivity contribution in [3.63, 3.8) is 0 Å². The van der Waals surface area contributed by atoms with Crippen LogP contribution in [-0.4, -0.2) is 38.0 Å². The molecule has 3 rings (SSSR count). The molecule has 1 amide bonds. The van der Waals surface area contributed by atoms with Crippen LogP contribution in [0.15, 0.2) is 18.2 Å². The number of carbonyl (C=O) groups excluding carboxylic acids is 1. The molecule has 1 saturated carbocycles. The second-order valence-corrected chi connectivity index (χ2v) is 9.75. The van der Waals surface area contributed by atoms with Crippen molar-refractivity contribution < 1.29 is 13.2 Å². The van der Waals surface area contributed by atoms with Crippen molar-refractivity contribution in [3.05, 3.63) is 29.3 Å². The van der Waals surface area contributed by atoms with Gasteiger partial charge in [-0.2, -0.15) is 0 Å². The first-order chi connectivity index (χ1) is 11.7. The molecule has 0 unspecified atom stereocenters. The van der Waals surface area contributed by atoms with E-state index in [1.165, 1.54) is 17.0 Å². The van der Waals surface area contributed by atoms with Gasteiger partial charge in [0.25, 0.3) is 0 Å². The summed E-state index contributed by atoms with van der Waals surface area (Å²) in [7, 11) is -3.28. The number of hydrogen-bond donors (Lipinski definition) is 1. The Kier molecular flexibility index (Phi) is 4.95. The molecule has 1 aliphatic heterocycles. The number of hydrogen-bond acceptors (Lipinski definition) is 3. The third-order valence-corrected chi connectivity index (χ3v) is 7.33. The molecule has 1 saturated heterocycles. The van der Waals surface area contributed by atoms with Gasteiger partial charge in [-0.05, 0) is 49.3 Å². The van der Waals surface area contributed by atoms with E-state index in [9.17, 15) is 13.2 Å². The van der Waals surface area contributed by atoms with E-state index in [4.69, 9.17) is 0 Å². The molecule has 25 heavy (non-hydrogen) atoms. The van der Waals surface area contributed by atoms with Crippen molar-refractivity contribution in [3.8, 4) is 0 Å². The molecule has 138 valence electrons. The van der Waals surface area contributed by atoms with Crippen LogP contribution in [0.1, 0.15) is 43.2 Å². The maximum atomic E-state index is 13.1. The standard InChI is InChI=1S/C19H28N2O3S/c1-14-8-7-9-17(15(14)2)20-18(22)16-12-21(25(3,23)24)13-19(16)10-5-4-6-11-19/h7-9,16H,4-6,10-13H2,1-3H3,(H,20,22)/t16-/m0/s1. The van der Waals surface area contributed by atoms with E-state index in [1.54, 1.807) is 0 Å². The first-order valence-electron chi connectivity index (χ1n) is 9.05. The number of nitrogens with zero attached hydrogens (tertiary/aromatic N) is 1. The maximum absolute atomic E-state index is 13.1. The molecule has 1 spiro atoms. The van der Waals surface area contributed by atoms with Crippen LogP contribution < -0.4 is 5.32 Å². The molecular weight excluding hydrogens is 336 g/mol. The summed E-state index contributed by atoms with van der Waals surface area (Å²) in [6.45, 7) is 4.81. The predicted octanol–water partition coefficient (Wildman–Crippen LogP) is 3.08. The minimum Gasteiger partial charge on any atom is -0.326 e. The summed E-state index contributed by atoms with van der Waals surface area (Å²) < 4.78 is 25.7. The molecule has 5 nitrogen and oxygen atoms in total. The van der Waals surface area contributed by atoms with Gasteiger partial charge in [-0.25, -0.2) is 12.7 Å². The number of nitrogens with one attached hydrogen (secondary N) is 1. The van der Waals surface area contributed by atoms with Gasteiger partial charge in [0.05, 0.1) is 12.2 Å². The zero-order valence-electron chi connectivity index (χ0n) is 15.3. The largest absolute Gasteiger partial charge is 0.326 e. The van der Waals surface area contributed by atoms with Crippen molar-refractivity contribution in [2.45, 2.75) is 46.0 Å². The van der Waals surface area contributed by atoms with Gasteiger partial charge in [-0.1, -0.05) is 31.4 Å². The fourth-order valence-corrected chi connectivity index (χ4v) is 5.32. The molecule has 1 heterocycles. The zero-order valence-corrected chi connectivity index (χ0v) is 16.2. The second-order valence-electron chi connectivity index (χ2n) is 7.77. The lowest BCUT2D eigenvalue weighted by atomic mass is 9.67. The molecule has 1 N–H and O–H groups in total. The number of benzene rings is 1. The SMILES string of the molecule is Cc1cccc(NC(=O)[C@@H]2CN(S(C)(=O)=O)CC23CCCCC3)c1C. The lowest BCUT2D eigenvalue weighted by molar-refractivity contribution is -0.123. The summed E-state index contributed by atoms with van der Waals surface area (Å²) in [4.78, 5) is 13.1. The van der Waals surface area contributed by atoms with E-state index in [-0.39, 0.29) is 17.2 Å². The van der Waals surface area contributed by atoms with Gasteiger partial charge in [-0.3, -0.25) is 4.79 Å². The first kappa shape index (κ1) is 18.4. The minimum absolute atomic E-state index is 0.0400. The maximum Gasteiger partial charge on any atom is 0.229 e. The summed E-state index contributed by atoms with van der Waals surface area (Å²) in [5, 5.41) is 3.08. The van der Waals surface area contributed by atoms with Crippen molar-refractivity contribution >= 4 is 21.6 Å². The average Bonchev–Trinajstić information content (AvgIpc) is 2.92. The van der Waals surface area contributed by atoms with Crippen LogP contribution in [0.4, 0.5) is 5.69 Å². The van der Waals surface area contributed by atoms with Gasteiger partial charge in [0.1, 0.15) is 0 Å². The number of rotatable bonds is 3. The van der Waals surface area contributed by atoms with Crippen molar-refractivity contribution in [1.29, 1.82) is 0 Å². The average molecular weight is 365 g/mol. The third-order valence-electron chi connectivity index (χ3n) is 6.11. The molecular formula is C19H28N2O3S. The van der Waals surface area contributed by atoms with E-state index in [2.05, 4.69) is 5.32 Å². The smallest absolute Gasteiger partial charge is 0.229 e. The van der Waals surface area contributed by atoms with Gasteiger partial charge in [0.2, 0.25) is 15.9 Å². The monoisotopic (exact) mass is 364 g/mol.